The van der Waals surface area contributed by atoms with E-state index in [0.29, 0.717) is 6.42 Å². The summed E-state index contributed by atoms with van der Waals surface area (Å²) in [6.45, 7) is 2.58. The highest BCUT2D eigenvalue weighted by Gasteiger charge is 2.33. The van der Waals surface area contributed by atoms with Gasteiger partial charge in [0.05, 0.1) is 12.1 Å². The van der Waals surface area contributed by atoms with E-state index < -0.39 is 12.0 Å². The van der Waals surface area contributed by atoms with Crippen LogP contribution >= 0.6 is 0 Å². The van der Waals surface area contributed by atoms with Crippen LogP contribution in [-0.2, 0) is 4.79 Å². The molecule has 1 aliphatic rings. The molecule has 0 spiro atoms. The minimum absolute atomic E-state index is 0.193. The van der Waals surface area contributed by atoms with E-state index in [0.717, 1.165) is 19.4 Å². The Bertz CT molecular complexity index is 234. The summed E-state index contributed by atoms with van der Waals surface area (Å²) >= 11 is 0. The average molecular weight is 182 g/mol. The number of rotatable bonds is 3. The van der Waals surface area contributed by atoms with E-state index in [1.165, 1.54) is 0 Å². The first kappa shape index (κ1) is 10.0. The number of aliphatic carboxylic acids is 1. The molecular formula is C9H14N2O2. The molecule has 0 radical (unpaired) electrons. The van der Waals surface area contributed by atoms with Gasteiger partial charge in [-0.25, -0.2) is 0 Å². The topological polar surface area (TPSA) is 64.3 Å². The number of nitriles is 1. The molecule has 0 aromatic carbocycles. The van der Waals surface area contributed by atoms with Gasteiger partial charge in [-0.1, -0.05) is 6.92 Å². The molecule has 2 atom stereocenters. The molecule has 4 nitrogen and oxygen atoms in total. The van der Waals surface area contributed by atoms with Gasteiger partial charge in [-0.3, -0.25) is 9.69 Å². The Morgan fingerprint density at radius 2 is 2.54 bits per heavy atom. The van der Waals surface area contributed by atoms with Gasteiger partial charge in [0.1, 0.15) is 6.04 Å². The molecule has 1 heterocycles. The number of nitrogens with zero attached hydrogens (tertiary/aromatic N) is 2. The number of carbonyl (C=O) groups is 1. The zero-order chi connectivity index (χ0) is 9.84. The summed E-state index contributed by atoms with van der Waals surface area (Å²) in [6.07, 6.45) is 2.30. The molecule has 0 saturated carbocycles. The van der Waals surface area contributed by atoms with Crippen molar-refractivity contribution in [2.45, 2.75) is 38.3 Å². The molecule has 1 aliphatic heterocycles. The van der Waals surface area contributed by atoms with Gasteiger partial charge >= 0.3 is 5.97 Å². The average Bonchev–Trinajstić information content (AvgIpc) is 2.53. The minimum atomic E-state index is -0.815. The number of likely N-dealkylation sites (tertiary alicyclic amines) is 1. The fraction of sp³-hybridized carbons (Fsp3) is 0.778. The Labute approximate surface area is 77.8 Å². The quantitative estimate of drug-likeness (QED) is 0.702. The van der Waals surface area contributed by atoms with Gasteiger partial charge in [-0.2, -0.15) is 5.26 Å². The molecule has 0 aromatic heterocycles. The van der Waals surface area contributed by atoms with Crippen molar-refractivity contribution in [3.63, 3.8) is 0 Å². The lowest BCUT2D eigenvalue weighted by atomic mass is 10.1. The zero-order valence-corrected chi connectivity index (χ0v) is 7.73. The van der Waals surface area contributed by atoms with E-state index in [1.807, 2.05) is 6.92 Å². The van der Waals surface area contributed by atoms with E-state index in [1.54, 1.807) is 4.90 Å². The van der Waals surface area contributed by atoms with Gasteiger partial charge in [0.25, 0.3) is 0 Å². The molecule has 0 amide bonds. The second kappa shape index (κ2) is 4.24. The van der Waals surface area contributed by atoms with Crippen molar-refractivity contribution in [2.24, 2.45) is 0 Å². The van der Waals surface area contributed by atoms with E-state index in [9.17, 15) is 4.79 Å². The van der Waals surface area contributed by atoms with Crippen molar-refractivity contribution < 1.29 is 9.90 Å². The van der Waals surface area contributed by atoms with Gasteiger partial charge in [-0.15, -0.1) is 0 Å². The smallest absolute Gasteiger partial charge is 0.320 e. The van der Waals surface area contributed by atoms with Gasteiger partial charge in [0.15, 0.2) is 0 Å². The molecule has 0 aliphatic carbocycles. The van der Waals surface area contributed by atoms with Crippen LogP contribution in [0.1, 0.15) is 26.2 Å². The Hall–Kier alpha value is -1.08. The van der Waals surface area contributed by atoms with Crippen molar-refractivity contribution in [2.75, 3.05) is 6.54 Å². The molecule has 1 N–H and O–H groups in total. The molecule has 4 heteroatoms. The standard InChI is InChI=1S/C9H14N2O2/c1-2-8(9(12)13)11-5-3-4-7(11)6-10/h7-8H,2-5H2,1H3,(H,12,13). The second-order valence-corrected chi connectivity index (χ2v) is 3.29. The monoisotopic (exact) mass is 182 g/mol. The Morgan fingerprint density at radius 1 is 1.85 bits per heavy atom. The maximum atomic E-state index is 10.8. The Kier molecular flexibility index (Phi) is 3.26. The lowest BCUT2D eigenvalue weighted by Gasteiger charge is -2.25. The maximum Gasteiger partial charge on any atom is 0.320 e. The van der Waals surface area contributed by atoms with Crippen LogP contribution in [0.4, 0.5) is 0 Å². The summed E-state index contributed by atoms with van der Waals surface area (Å²) < 4.78 is 0. The fourth-order valence-electron chi connectivity index (χ4n) is 1.85. The number of carboxylic acid groups (broad SMARTS) is 1. The maximum absolute atomic E-state index is 10.8. The molecule has 0 aromatic rings. The number of hydrogen-bond donors (Lipinski definition) is 1. The van der Waals surface area contributed by atoms with Gasteiger partial charge in [0.2, 0.25) is 0 Å². The van der Waals surface area contributed by atoms with Crippen LogP contribution in [-0.4, -0.2) is 34.6 Å². The van der Waals surface area contributed by atoms with E-state index in [-0.39, 0.29) is 6.04 Å². The summed E-state index contributed by atoms with van der Waals surface area (Å²) in [7, 11) is 0. The Balaban J connectivity index is 2.68. The van der Waals surface area contributed by atoms with Crippen LogP contribution in [0, 0.1) is 11.3 Å². The third-order valence-corrected chi connectivity index (χ3v) is 2.52. The summed E-state index contributed by atoms with van der Waals surface area (Å²) in [4.78, 5) is 12.6. The Morgan fingerprint density at radius 3 is 3.00 bits per heavy atom. The van der Waals surface area contributed by atoms with E-state index >= 15 is 0 Å². The summed E-state index contributed by atoms with van der Waals surface area (Å²) in [5, 5.41) is 17.7. The molecule has 1 saturated heterocycles. The highest BCUT2D eigenvalue weighted by Crippen LogP contribution is 2.20. The van der Waals surface area contributed by atoms with Crippen molar-refractivity contribution in [1.29, 1.82) is 5.26 Å². The van der Waals surface area contributed by atoms with E-state index in [2.05, 4.69) is 6.07 Å². The van der Waals surface area contributed by atoms with Crippen LogP contribution in [0.25, 0.3) is 0 Å². The first-order valence-corrected chi connectivity index (χ1v) is 4.58. The van der Waals surface area contributed by atoms with Crippen molar-refractivity contribution in [1.82, 2.24) is 4.90 Å². The zero-order valence-electron chi connectivity index (χ0n) is 7.73. The lowest BCUT2D eigenvalue weighted by molar-refractivity contribution is -0.143. The van der Waals surface area contributed by atoms with Crippen LogP contribution in [0.5, 0.6) is 0 Å². The second-order valence-electron chi connectivity index (χ2n) is 3.29. The van der Waals surface area contributed by atoms with Crippen molar-refractivity contribution in [3.05, 3.63) is 0 Å². The normalized spacial score (nSPS) is 25.4. The molecular weight excluding hydrogens is 168 g/mol. The van der Waals surface area contributed by atoms with Crippen LogP contribution in [0.2, 0.25) is 0 Å². The molecule has 2 unspecified atom stereocenters. The SMILES string of the molecule is CCC(C(=O)O)N1CCCC1C#N. The molecule has 1 rings (SSSR count). The lowest BCUT2D eigenvalue weighted by Crippen LogP contribution is -2.43. The van der Waals surface area contributed by atoms with Crippen LogP contribution in [0.15, 0.2) is 0 Å². The third kappa shape index (κ3) is 1.99. The fourth-order valence-corrected chi connectivity index (χ4v) is 1.85. The summed E-state index contributed by atoms with van der Waals surface area (Å²) in [5.74, 6) is -0.815. The highest BCUT2D eigenvalue weighted by molar-refractivity contribution is 5.73. The van der Waals surface area contributed by atoms with Crippen LogP contribution < -0.4 is 0 Å². The van der Waals surface area contributed by atoms with Crippen molar-refractivity contribution >= 4 is 5.97 Å². The van der Waals surface area contributed by atoms with Gasteiger partial charge < -0.3 is 5.11 Å². The van der Waals surface area contributed by atoms with Gasteiger partial charge in [-0.05, 0) is 19.3 Å². The third-order valence-electron chi connectivity index (χ3n) is 2.52. The predicted octanol–water partition coefficient (Wildman–Crippen LogP) is 0.838. The summed E-state index contributed by atoms with van der Waals surface area (Å²) in [5.41, 5.74) is 0. The minimum Gasteiger partial charge on any atom is -0.480 e. The number of carboxylic acids is 1. The first-order valence-electron chi connectivity index (χ1n) is 4.58. The highest BCUT2D eigenvalue weighted by atomic mass is 16.4. The molecule has 72 valence electrons. The largest absolute Gasteiger partial charge is 0.480 e. The van der Waals surface area contributed by atoms with Crippen molar-refractivity contribution in [3.8, 4) is 6.07 Å². The van der Waals surface area contributed by atoms with Gasteiger partial charge in [0, 0.05) is 6.54 Å². The predicted molar refractivity (Wildman–Crippen MR) is 47.1 cm³/mol. The molecule has 0 bridgehead atoms. The molecule has 1 fully saturated rings. The van der Waals surface area contributed by atoms with Crippen LogP contribution in [0.3, 0.4) is 0 Å². The van der Waals surface area contributed by atoms with E-state index in [4.69, 9.17) is 10.4 Å². The molecule has 13 heavy (non-hydrogen) atoms. The first-order chi connectivity index (χ1) is 6.20. The summed E-state index contributed by atoms with van der Waals surface area (Å²) in [6, 6.07) is 1.47. The number of hydrogen-bond acceptors (Lipinski definition) is 3.